The van der Waals surface area contributed by atoms with E-state index in [1.165, 1.54) is 6.42 Å². The van der Waals surface area contributed by atoms with Gasteiger partial charge in [0.1, 0.15) is 6.54 Å². The number of amides is 2. The van der Waals surface area contributed by atoms with Crippen molar-refractivity contribution in [3.05, 3.63) is 0 Å². The maximum absolute atomic E-state index is 11.9. The summed E-state index contributed by atoms with van der Waals surface area (Å²) < 4.78 is 5.78. The molecule has 2 saturated heterocycles. The molecule has 2 amide bonds. The Hall–Kier alpha value is -1.87. The van der Waals surface area contributed by atoms with E-state index in [-0.39, 0.29) is 30.5 Å². The lowest BCUT2D eigenvalue weighted by Crippen LogP contribution is -2.51. The molecule has 0 aromatic carbocycles. The minimum atomic E-state index is -0.0320. The number of guanidine groups is 1. The molecule has 1 atom stereocenters. The molecule has 9 heteroatoms. The van der Waals surface area contributed by atoms with Gasteiger partial charge in [-0.15, -0.1) is 0 Å². The van der Waals surface area contributed by atoms with Gasteiger partial charge in [-0.05, 0) is 32.1 Å². The summed E-state index contributed by atoms with van der Waals surface area (Å²) in [5.41, 5.74) is 0. The van der Waals surface area contributed by atoms with E-state index in [0.717, 1.165) is 45.4 Å². The SMILES string of the molecule is CNC(=O)CN1CCC(NC(=NCC(=O)N(C)C)NCC2CCCCO2)CC1. The molecular weight excluding hydrogens is 360 g/mol. The lowest BCUT2D eigenvalue weighted by atomic mass is 10.1. The minimum Gasteiger partial charge on any atom is -0.376 e. The maximum atomic E-state index is 11.9. The standard InChI is InChI=1S/C19H36N6O3/c1-20-17(26)14-25-9-7-15(8-10-25)23-19(22-13-18(27)24(2)3)21-12-16-6-4-5-11-28-16/h15-16H,4-14H2,1-3H3,(H,20,26)(H2,21,22,23). The van der Waals surface area contributed by atoms with E-state index in [1.807, 2.05) is 0 Å². The topological polar surface area (TPSA) is 98.3 Å². The molecule has 3 N–H and O–H groups in total. The molecule has 2 aliphatic rings. The van der Waals surface area contributed by atoms with Gasteiger partial charge in [0.2, 0.25) is 11.8 Å². The van der Waals surface area contributed by atoms with Crippen LogP contribution in [0.15, 0.2) is 4.99 Å². The number of nitrogens with zero attached hydrogens (tertiary/aromatic N) is 3. The Bertz CT molecular complexity index is 526. The molecule has 2 rings (SSSR count). The van der Waals surface area contributed by atoms with Crippen molar-refractivity contribution in [2.75, 3.05) is 60.5 Å². The Labute approximate surface area is 168 Å². The first-order valence-electron chi connectivity index (χ1n) is 10.3. The van der Waals surface area contributed by atoms with Crippen LogP contribution in [0.4, 0.5) is 0 Å². The van der Waals surface area contributed by atoms with E-state index in [1.54, 1.807) is 26.0 Å². The molecule has 2 aliphatic heterocycles. The van der Waals surface area contributed by atoms with Crippen LogP contribution in [0.1, 0.15) is 32.1 Å². The zero-order chi connectivity index (χ0) is 20.4. The molecule has 1 unspecified atom stereocenters. The lowest BCUT2D eigenvalue weighted by Gasteiger charge is -2.33. The van der Waals surface area contributed by atoms with E-state index >= 15 is 0 Å². The molecular formula is C19H36N6O3. The third-order valence-corrected chi connectivity index (χ3v) is 5.22. The largest absolute Gasteiger partial charge is 0.376 e. The number of hydrogen-bond acceptors (Lipinski definition) is 5. The van der Waals surface area contributed by atoms with Gasteiger partial charge in [-0.2, -0.15) is 0 Å². The van der Waals surface area contributed by atoms with Gasteiger partial charge < -0.3 is 25.6 Å². The van der Waals surface area contributed by atoms with Gasteiger partial charge in [0.15, 0.2) is 5.96 Å². The number of hydrogen-bond donors (Lipinski definition) is 3. The predicted molar refractivity (Wildman–Crippen MR) is 109 cm³/mol. The number of aliphatic imine (C=N–C) groups is 1. The van der Waals surface area contributed by atoms with Crippen molar-refractivity contribution >= 4 is 17.8 Å². The Kier molecular flexibility index (Phi) is 9.49. The van der Waals surface area contributed by atoms with Gasteiger partial charge in [0.05, 0.1) is 12.6 Å². The minimum absolute atomic E-state index is 0.0320. The van der Waals surface area contributed by atoms with Crippen LogP contribution in [0.3, 0.4) is 0 Å². The lowest BCUT2D eigenvalue weighted by molar-refractivity contribution is -0.127. The highest BCUT2D eigenvalue weighted by Gasteiger charge is 2.22. The second-order valence-electron chi connectivity index (χ2n) is 7.69. The second kappa shape index (κ2) is 11.9. The number of piperidine rings is 1. The number of likely N-dealkylation sites (tertiary alicyclic amines) is 1. The van der Waals surface area contributed by atoms with Crippen molar-refractivity contribution < 1.29 is 14.3 Å². The normalized spacial score (nSPS) is 21.8. The molecule has 9 nitrogen and oxygen atoms in total. The van der Waals surface area contributed by atoms with Gasteiger partial charge in [0.25, 0.3) is 0 Å². The smallest absolute Gasteiger partial charge is 0.243 e. The van der Waals surface area contributed by atoms with E-state index in [2.05, 4.69) is 25.8 Å². The molecule has 2 fully saturated rings. The predicted octanol–water partition coefficient (Wildman–Crippen LogP) is -0.611. The molecule has 2 heterocycles. The fourth-order valence-electron chi connectivity index (χ4n) is 3.33. The molecule has 160 valence electrons. The van der Waals surface area contributed by atoms with E-state index in [0.29, 0.717) is 19.0 Å². The van der Waals surface area contributed by atoms with E-state index < -0.39 is 0 Å². The Morgan fingerprint density at radius 1 is 1.18 bits per heavy atom. The van der Waals surface area contributed by atoms with Gasteiger partial charge in [-0.25, -0.2) is 4.99 Å². The number of ether oxygens (including phenoxy) is 1. The monoisotopic (exact) mass is 396 g/mol. The van der Waals surface area contributed by atoms with Crippen molar-refractivity contribution in [2.45, 2.75) is 44.2 Å². The average molecular weight is 397 g/mol. The van der Waals surface area contributed by atoms with Crippen LogP contribution in [-0.2, 0) is 14.3 Å². The number of carbonyl (C=O) groups excluding carboxylic acids is 2. The summed E-state index contributed by atoms with van der Waals surface area (Å²) in [5.74, 6) is 0.676. The van der Waals surface area contributed by atoms with Crippen LogP contribution in [0, 0.1) is 0 Å². The van der Waals surface area contributed by atoms with Crippen molar-refractivity contribution in [2.24, 2.45) is 4.99 Å². The van der Waals surface area contributed by atoms with Crippen molar-refractivity contribution in [3.8, 4) is 0 Å². The molecule has 0 bridgehead atoms. The van der Waals surface area contributed by atoms with Crippen LogP contribution < -0.4 is 16.0 Å². The summed E-state index contributed by atoms with van der Waals surface area (Å²) in [5, 5.41) is 9.48. The first-order chi connectivity index (χ1) is 13.5. The number of carbonyl (C=O) groups is 2. The molecule has 0 saturated carbocycles. The van der Waals surface area contributed by atoms with Crippen LogP contribution in [0.25, 0.3) is 0 Å². The number of nitrogens with one attached hydrogen (secondary N) is 3. The van der Waals surface area contributed by atoms with Crippen molar-refractivity contribution in [1.29, 1.82) is 0 Å². The summed E-state index contributed by atoms with van der Waals surface area (Å²) in [4.78, 5) is 31.6. The Morgan fingerprint density at radius 3 is 2.54 bits per heavy atom. The average Bonchev–Trinajstić information content (AvgIpc) is 2.71. The first kappa shape index (κ1) is 22.4. The molecule has 28 heavy (non-hydrogen) atoms. The molecule has 0 aromatic heterocycles. The van der Waals surface area contributed by atoms with Crippen LogP contribution in [0.5, 0.6) is 0 Å². The highest BCUT2D eigenvalue weighted by molar-refractivity contribution is 5.85. The number of rotatable bonds is 7. The van der Waals surface area contributed by atoms with E-state index in [9.17, 15) is 9.59 Å². The second-order valence-corrected chi connectivity index (χ2v) is 7.69. The summed E-state index contributed by atoms with van der Waals surface area (Å²) in [6, 6.07) is 0.272. The first-order valence-corrected chi connectivity index (χ1v) is 10.3. The highest BCUT2D eigenvalue weighted by Crippen LogP contribution is 2.12. The fraction of sp³-hybridized carbons (Fsp3) is 0.842. The number of likely N-dealkylation sites (N-methyl/N-ethyl adjacent to an activating group) is 2. The van der Waals surface area contributed by atoms with Crippen LogP contribution in [0.2, 0.25) is 0 Å². The highest BCUT2D eigenvalue weighted by atomic mass is 16.5. The van der Waals surface area contributed by atoms with Gasteiger partial charge >= 0.3 is 0 Å². The fourth-order valence-corrected chi connectivity index (χ4v) is 3.33. The summed E-state index contributed by atoms with van der Waals surface area (Å²) >= 11 is 0. The molecule has 0 aliphatic carbocycles. The van der Waals surface area contributed by atoms with Gasteiger partial charge in [0, 0.05) is 53.4 Å². The molecule has 0 radical (unpaired) electrons. The molecule has 0 spiro atoms. The zero-order valence-electron chi connectivity index (χ0n) is 17.5. The quantitative estimate of drug-likeness (QED) is 0.392. The zero-order valence-corrected chi connectivity index (χ0v) is 17.5. The van der Waals surface area contributed by atoms with E-state index in [4.69, 9.17) is 4.74 Å². The van der Waals surface area contributed by atoms with Crippen molar-refractivity contribution in [1.82, 2.24) is 25.8 Å². The van der Waals surface area contributed by atoms with Gasteiger partial charge in [-0.1, -0.05) is 0 Å². The van der Waals surface area contributed by atoms with Gasteiger partial charge in [-0.3, -0.25) is 14.5 Å². The summed E-state index contributed by atoms with van der Waals surface area (Å²) in [6.07, 6.45) is 5.42. The molecule has 0 aromatic rings. The Morgan fingerprint density at radius 2 is 1.93 bits per heavy atom. The van der Waals surface area contributed by atoms with Crippen molar-refractivity contribution in [3.63, 3.8) is 0 Å². The maximum Gasteiger partial charge on any atom is 0.243 e. The van der Waals surface area contributed by atoms with Crippen LogP contribution in [-0.4, -0.2) is 100 Å². The third kappa shape index (κ3) is 8.02. The van der Waals surface area contributed by atoms with Crippen LogP contribution >= 0.6 is 0 Å². The summed E-state index contributed by atoms with van der Waals surface area (Å²) in [6.45, 7) is 3.79. The summed E-state index contributed by atoms with van der Waals surface area (Å²) in [7, 11) is 5.13. The Balaban J connectivity index is 1.85. The third-order valence-electron chi connectivity index (χ3n) is 5.22.